The molecular weight excluding hydrogens is 404 g/mol. The van der Waals surface area contributed by atoms with E-state index in [9.17, 15) is 8.42 Å². The maximum atomic E-state index is 11.5. The fourth-order valence-electron chi connectivity index (χ4n) is 3.05. The molecular formula is C18H34N2O6S2. The third kappa shape index (κ3) is 6.84. The molecule has 2 aliphatic heterocycles. The Labute approximate surface area is 173 Å². The summed E-state index contributed by atoms with van der Waals surface area (Å²) in [5.74, 6) is 0. The fourth-order valence-corrected chi connectivity index (χ4v) is 4.59. The van der Waals surface area contributed by atoms with E-state index in [2.05, 4.69) is 13.8 Å². The third-order valence-corrected chi connectivity index (χ3v) is 6.41. The molecule has 0 aromatic carbocycles. The highest BCUT2D eigenvalue weighted by Crippen LogP contribution is 2.39. The van der Waals surface area contributed by atoms with Gasteiger partial charge in [-0.3, -0.25) is 9.18 Å². The van der Waals surface area contributed by atoms with Crippen LogP contribution in [0.1, 0.15) is 39.5 Å². The predicted octanol–water partition coefficient (Wildman–Crippen LogP) is 2.09. The van der Waals surface area contributed by atoms with Crippen LogP contribution in [-0.2, 0) is 28.5 Å². The minimum absolute atomic E-state index is 0.0929. The van der Waals surface area contributed by atoms with E-state index in [-0.39, 0.29) is 24.2 Å². The van der Waals surface area contributed by atoms with Crippen LogP contribution in [-0.4, -0.2) is 88.4 Å². The Morgan fingerprint density at radius 2 is 1.71 bits per heavy atom. The molecule has 0 radical (unpaired) electrons. The van der Waals surface area contributed by atoms with E-state index in [1.54, 1.807) is 0 Å². The number of ether oxygens (including phenoxy) is 3. The zero-order valence-electron chi connectivity index (χ0n) is 17.5. The molecule has 0 N–H and O–H groups in total. The minimum atomic E-state index is -3.58. The largest absolute Gasteiger partial charge is 0.373 e. The number of amidine groups is 1. The van der Waals surface area contributed by atoms with Crippen LogP contribution in [0.2, 0.25) is 0 Å². The van der Waals surface area contributed by atoms with E-state index in [1.807, 2.05) is 19.0 Å². The molecule has 0 bridgehead atoms. The van der Waals surface area contributed by atoms with Gasteiger partial charge in [-0.05, 0) is 12.8 Å². The zero-order chi connectivity index (χ0) is 20.7. The van der Waals surface area contributed by atoms with E-state index in [0.717, 1.165) is 37.1 Å². The molecule has 0 aromatic rings. The molecule has 1 fully saturated rings. The van der Waals surface area contributed by atoms with Gasteiger partial charge in [0.25, 0.3) is 10.1 Å². The van der Waals surface area contributed by atoms with Gasteiger partial charge in [0, 0.05) is 27.3 Å². The first kappa shape index (κ1) is 23.9. The number of hydrogen-bond donors (Lipinski definition) is 0. The molecule has 0 saturated carbocycles. The molecule has 0 spiro atoms. The van der Waals surface area contributed by atoms with Gasteiger partial charge in [0.1, 0.15) is 29.8 Å². The number of aliphatic imine (C=N–C) groups is 1. The monoisotopic (exact) mass is 438 g/mol. The molecule has 0 aromatic heterocycles. The van der Waals surface area contributed by atoms with Gasteiger partial charge in [0.05, 0.1) is 12.9 Å². The van der Waals surface area contributed by atoms with E-state index < -0.39 is 22.3 Å². The highest BCUT2D eigenvalue weighted by atomic mass is 32.2. The molecule has 5 atom stereocenters. The maximum Gasteiger partial charge on any atom is 0.264 e. The SMILES string of the molecule is CCCCO[C@@H]1[C@H]2N=C(N(C)C)S[C@H]2O[C@H](COS(C)(=O)=O)[C@H]1OCCCC. The Morgan fingerprint density at radius 1 is 1.11 bits per heavy atom. The van der Waals surface area contributed by atoms with Crippen molar-refractivity contribution in [3.8, 4) is 0 Å². The lowest BCUT2D eigenvalue weighted by atomic mass is 9.98. The first-order valence-corrected chi connectivity index (χ1v) is 12.6. The van der Waals surface area contributed by atoms with E-state index in [4.69, 9.17) is 23.4 Å². The molecule has 0 aliphatic carbocycles. The Balaban J connectivity index is 2.22. The second-order valence-corrected chi connectivity index (χ2v) is 10.0. The van der Waals surface area contributed by atoms with Gasteiger partial charge < -0.3 is 19.1 Å². The summed E-state index contributed by atoms with van der Waals surface area (Å²) >= 11 is 1.53. The van der Waals surface area contributed by atoms with Crippen LogP contribution in [0, 0.1) is 0 Å². The van der Waals surface area contributed by atoms with Crippen LogP contribution in [0.15, 0.2) is 4.99 Å². The molecule has 1 saturated heterocycles. The standard InChI is InChI=1S/C18H34N2O6S2/c1-6-8-10-23-15-13(12-25-28(5,21)22)26-17-14(16(15)24-11-9-7-2)19-18(27-17)20(3)4/h13-17H,6-12H2,1-5H3/t13-,14-,15-,16-,17-/m1/s1. The Morgan fingerprint density at radius 3 is 2.25 bits per heavy atom. The van der Waals surface area contributed by atoms with Gasteiger partial charge in [-0.25, -0.2) is 0 Å². The highest BCUT2D eigenvalue weighted by molar-refractivity contribution is 8.14. The molecule has 2 heterocycles. The predicted molar refractivity (Wildman–Crippen MR) is 111 cm³/mol. The fraction of sp³-hybridized carbons (Fsp3) is 0.944. The molecule has 10 heteroatoms. The summed E-state index contributed by atoms with van der Waals surface area (Å²) in [7, 11) is 0.303. The lowest BCUT2D eigenvalue weighted by Gasteiger charge is -2.42. The molecule has 28 heavy (non-hydrogen) atoms. The lowest BCUT2D eigenvalue weighted by Crippen LogP contribution is -2.58. The van der Waals surface area contributed by atoms with E-state index in [0.29, 0.717) is 13.2 Å². The first-order valence-electron chi connectivity index (χ1n) is 9.91. The van der Waals surface area contributed by atoms with Gasteiger partial charge in [0.15, 0.2) is 5.17 Å². The lowest BCUT2D eigenvalue weighted by molar-refractivity contribution is -0.197. The summed E-state index contributed by atoms with van der Waals surface area (Å²) in [5.41, 5.74) is -0.247. The second-order valence-electron chi connectivity index (χ2n) is 7.32. The number of unbranched alkanes of at least 4 members (excludes halogenated alkanes) is 2. The number of fused-ring (bicyclic) bond motifs is 1. The van der Waals surface area contributed by atoms with Gasteiger partial charge in [0.2, 0.25) is 0 Å². The number of hydrogen-bond acceptors (Lipinski definition) is 9. The van der Waals surface area contributed by atoms with Gasteiger partial charge in [-0.2, -0.15) is 8.42 Å². The van der Waals surface area contributed by atoms with Crippen molar-refractivity contribution >= 4 is 27.0 Å². The summed E-state index contributed by atoms with van der Waals surface area (Å²) in [4.78, 5) is 6.76. The Bertz CT molecular complexity index is 613. The molecule has 0 amide bonds. The van der Waals surface area contributed by atoms with Crippen LogP contribution in [0.3, 0.4) is 0 Å². The normalized spacial score (nSPS) is 30.2. The summed E-state index contributed by atoms with van der Waals surface area (Å²) in [6.45, 7) is 5.28. The van der Waals surface area contributed by atoms with Crippen molar-refractivity contribution in [3.05, 3.63) is 0 Å². The van der Waals surface area contributed by atoms with Gasteiger partial charge in [-0.15, -0.1) is 0 Å². The smallest absolute Gasteiger partial charge is 0.264 e. The summed E-state index contributed by atoms with van der Waals surface area (Å²) in [5, 5.41) is 0.871. The van der Waals surface area contributed by atoms with Crippen molar-refractivity contribution in [3.63, 3.8) is 0 Å². The Hall–Kier alpha value is -0.390. The van der Waals surface area contributed by atoms with E-state index in [1.165, 1.54) is 11.8 Å². The van der Waals surface area contributed by atoms with Crippen molar-refractivity contribution in [1.82, 2.24) is 4.90 Å². The van der Waals surface area contributed by atoms with Crippen LogP contribution in [0.5, 0.6) is 0 Å². The summed E-state index contributed by atoms with van der Waals surface area (Å²) in [6, 6.07) is -0.194. The van der Waals surface area contributed by atoms with E-state index >= 15 is 0 Å². The number of nitrogens with zero attached hydrogens (tertiary/aromatic N) is 2. The topological polar surface area (TPSA) is 86.7 Å². The third-order valence-electron chi connectivity index (χ3n) is 4.54. The molecule has 0 unspecified atom stereocenters. The van der Waals surface area contributed by atoms with Crippen LogP contribution in [0.25, 0.3) is 0 Å². The average molecular weight is 439 g/mol. The molecule has 2 rings (SSSR count). The maximum absolute atomic E-state index is 11.5. The van der Waals surface area contributed by atoms with Crippen molar-refractivity contribution < 1.29 is 26.8 Å². The number of thioether (sulfide) groups is 1. The molecule has 2 aliphatic rings. The zero-order valence-corrected chi connectivity index (χ0v) is 19.1. The number of rotatable bonds is 11. The average Bonchev–Trinajstić information content (AvgIpc) is 3.05. The summed E-state index contributed by atoms with van der Waals surface area (Å²) in [6.07, 6.45) is 3.65. The highest BCUT2D eigenvalue weighted by Gasteiger charge is 2.51. The van der Waals surface area contributed by atoms with Crippen molar-refractivity contribution in [2.24, 2.45) is 4.99 Å². The van der Waals surface area contributed by atoms with Crippen molar-refractivity contribution in [2.75, 3.05) is 40.2 Å². The van der Waals surface area contributed by atoms with Crippen molar-refractivity contribution in [1.29, 1.82) is 0 Å². The van der Waals surface area contributed by atoms with Gasteiger partial charge in [-0.1, -0.05) is 38.5 Å². The van der Waals surface area contributed by atoms with Crippen LogP contribution >= 0.6 is 11.8 Å². The molecule has 164 valence electrons. The molecule has 8 nitrogen and oxygen atoms in total. The quantitative estimate of drug-likeness (QED) is 0.358. The van der Waals surface area contributed by atoms with Crippen LogP contribution in [0.4, 0.5) is 0 Å². The van der Waals surface area contributed by atoms with Crippen molar-refractivity contribution in [2.45, 2.75) is 69.3 Å². The second kappa shape index (κ2) is 11.1. The first-order chi connectivity index (χ1) is 13.3. The summed E-state index contributed by atoms with van der Waals surface area (Å²) < 4.78 is 46.6. The Kier molecular flexibility index (Phi) is 9.49. The minimum Gasteiger partial charge on any atom is -0.373 e. The van der Waals surface area contributed by atoms with Gasteiger partial charge >= 0.3 is 0 Å². The van der Waals surface area contributed by atoms with Crippen LogP contribution < -0.4 is 0 Å².